The highest BCUT2D eigenvalue weighted by Crippen LogP contribution is 2.43. The summed E-state index contributed by atoms with van der Waals surface area (Å²) in [6, 6.07) is 0.378. The Morgan fingerprint density at radius 3 is 3.31 bits per heavy atom. The third-order valence-corrected chi connectivity index (χ3v) is 3.28. The molecule has 2 aliphatic rings. The predicted octanol–water partition coefficient (Wildman–Crippen LogP) is 0.213. The molecule has 0 amide bonds. The van der Waals surface area contributed by atoms with Crippen molar-refractivity contribution in [1.29, 1.82) is 0 Å². The smallest absolute Gasteiger partial charge is 0.158 e. The molecular weight excluding hydrogens is 164 g/mol. The maximum absolute atomic E-state index is 11.7. The highest BCUT2D eigenvalue weighted by Gasteiger charge is 2.50. The molecule has 1 saturated heterocycles. The van der Waals surface area contributed by atoms with Crippen LogP contribution < -0.4 is 11.1 Å². The molecule has 2 fully saturated rings. The molecule has 1 aliphatic carbocycles. The van der Waals surface area contributed by atoms with Gasteiger partial charge in [-0.2, -0.15) is 0 Å². The van der Waals surface area contributed by atoms with Crippen LogP contribution in [0.1, 0.15) is 19.3 Å². The third kappa shape index (κ3) is 1.23. The number of carbonyl (C=O) groups excluding carboxylic acids is 1. The first-order valence-electron chi connectivity index (χ1n) is 4.94. The lowest BCUT2D eigenvalue weighted by molar-refractivity contribution is -0.122. The summed E-state index contributed by atoms with van der Waals surface area (Å²) in [4.78, 5) is 11.7. The zero-order valence-electron chi connectivity index (χ0n) is 7.75. The van der Waals surface area contributed by atoms with Crippen LogP contribution in [-0.4, -0.2) is 24.9 Å². The second-order valence-electron chi connectivity index (χ2n) is 3.93. The van der Waals surface area contributed by atoms with Gasteiger partial charge in [0.25, 0.3) is 0 Å². The molecule has 0 aromatic heterocycles. The maximum Gasteiger partial charge on any atom is 0.158 e. The fraction of sp³-hybridized carbons (Fsp3) is 0.700. The van der Waals surface area contributed by atoms with Gasteiger partial charge >= 0.3 is 0 Å². The van der Waals surface area contributed by atoms with Gasteiger partial charge in [0.2, 0.25) is 0 Å². The van der Waals surface area contributed by atoms with Crippen LogP contribution in [0.2, 0.25) is 0 Å². The molecule has 1 saturated carbocycles. The molecule has 0 spiro atoms. The normalized spacial score (nSPS) is 38.8. The Morgan fingerprint density at radius 1 is 1.69 bits per heavy atom. The molecule has 0 aromatic carbocycles. The quantitative estimate of drug-likeness (QED) is 0.597. The number of Topliss-reactive ketones (excluding diaryl/α,β-unsaturated/α-hetero) is 1. The first kappa shape index (κ1) is 8.91. The fourth-order valence-corrected chi connectivity index (χ4v) is 2.60. The van der Waals surface area contributed by atoms with Crippen LogP contribution in [0.5, 0.6) is 0 Å². The van der Waals surface area contributed by atoms with Gasteiger partial charge in [0, 0.05) is 12.6 Å². The van der Waals surface area contributed by atoms with Crippen molar-refractivity contribution in [1.82, 2.24) is 5.32 Å². The SMILES string of the molecule is NCC=C[C@]12CCC[C@H]1NCC2=O. The number of carbonyl (C=O) groups is 1. The second-order valence-corrected chi connectivity index (χ2v) is 3.93. The van der Waals surface area contributed by atoms with Crippen LogP contribution in [0.3, 0.4) is 0 Å². The molecule has 0 bridgehead atoms. The second kappa shape index (κ2) is 3.24. The van der Waals surface area contributed by atoms with Crippen molar-refractivity contribution >= 4 is 5.78 Å². The monoisotopic (exact) mass is 180 g/mol. The molecule has 13 heavy (non-hydrogen) atoms. The van der Waals surface area contributed by atoms with E-state index in [1.54, 1.807) is 0 Å². The Morgan fingerprint density at radius 2 is 2.54 bits per heavy atom. The summed E-state index contributed by atoms with van der Waals surface area (Å²) >= 11 is 0. The minimum Gasteiger partial charge on any atom is -0.327 e. The lowest BCUT2D eigenvalue weighted by Crippen LogP contribution is -2.32. The molecular formula is C10H16N2O. The van der Waals surface area contributed by atoms with E-state index < -0.39 is 0 Å². The molecule has 3 heteroatoms. The molecule has 2 atom stereocenters. The van der Waals surface area contributed by atoms with E-state index >= 15 is 0 Å². The summed E-state index contributed by atoms with van der Waals surface area (Å²) in [7, 11) is 0. The van der Waals surface area contributed by atoms with Gasteiger partial charge in [-0.05, 0) is 12.8 Å². The molecule has 0 unspecified atom stereocenters. The molecule has 2 rings (SSSR count). The number of rotatable bonds is 2. The number of nitrogens with two attached hydrogens (primary N) is 1. The first-order valence-corrected chi connectivity index (χ1v) is 4.94. The summed E-state index contributed by atoms with van der Waals surface area (Å²) in [5, 5.41) is 3.28. The third-order valence-electron chi connectivity index (χ3n) is 3.28. The van der Waals surface area contributed by atoms with Gasteiger partial charge in [0.05, 0.1) is 12.0 Å². The highest BCUT2D eigenvalue weighted by atomic mass is 16.1. The lowest BCUT2D eigenvalue weighted by atomic mass is 9.81. The van der Waals surface area contributed by atoms with E-state index in [1.165, 1.54) is 0 Å². The Kier molecular flexibility index (Phi) is 2.22. The van der Waals surface area contributed by atoms with E-state index in [1.807, 2.05) is 12.2 Å². The van der Waals surface area contributed by atoms with Gasteiger partial charge < -0.3 is 11.1 Å². The largest absolute Gasteiger partial charge is 0.327 e. The summed E-state index contributed by atoms with van der Waals surface area (Å²) in [5.74, 6) is 0.347. The maximum atomic E-state index is 11.7. The van der Waals surface area contributed by atoms with E-state index in [0.717, 1.165) is 19.3 Å². The van der Waals surface area contributed by atoms with Crippen LogP contribution in [0, 0.1) is 5.41 Å². The standard InChI is InChI=1S/C10H16N2O/c11-6-2-5-10-4-1-3-8(10)12-7-9(10)13/h2,5,8,12H,1,3-4,6-7,11H2/t8-,10-/m1/s1. The lowest BCUT2D eigenvalue weighted by Gasteiger charge is -2.22. The van der Waals surface area contributed by atoms with E-state index in [0.29, 0.717) is 24.9 Å². The van der Waals surface area contributed by atoms with E-state index in [9.17, 15) is 4.79 Å². The molecule has 3 nitrogen and oxygen atoms in total. The summed E-state index contributed by atoms with van der Waals surface area (Å²) in [6.45, 7) is 1.07. The molecule has 72 valence electrons. The molecule has 0 radical (unpaired) electrons. The minimum atomic E-state index is -0.195. The van der Waals surface area contributed by atoms with E-state index in [4.69, 9.17) is 5.73 Å². The molecule has 0 aromatic rings. The highest BCUT2D eigenvalue weighted by molar-refractivity contribution is 5.92. The number of hydrogen-bond acceptors (Lipinski definition) is 3. The van der Waals surface area contributed by atoms with Crippen molar-refractivity contribution in [2.75, 3.05) is 13.1 Å². The van der Waals surface area contributed by atoms with Gasteiger partial charge in [-0.15, -0.1) is 0 Å². The number of ketones is 1. The Hall–Kier alpha value is -0.670. The van der Waals surface area contributed by atoms with Crippen LogP contribution in [0.25, 0.3) is 0 Å². The number of nitrogens with one attached hydrogen (secondary N) is 1. The average Bonchev–Trinajstić information content (AvgIpc) is 2.65. The summed E-state index contributed by atoms with van der Waals surface area (Å²) in [6.07, 6.45) is 7.23. The average molecular weight is 180 g/mol. The van der Waals surface area contributed by atoms with Crippen LogP contribution in [0.15, 0.2) is 12.2 Å². The van der Waals surface area contributed by atoms with Crippen molar-refractivity contribution in [3.63, 3.8) is 0 Å². The zero-order valence-corrected chi connectivity index (χ0v) is 7.75. The van der Waals surface area contributed by atoms with Gasteiger partial charge in [-0.3, -0.25) is 4.79 Å². The van der Waals surface area contributed by atoms with Gasteiger partial charge in [0.15, 0.2) is 5.78 Å². The van der Waals surface area contributed by atoms with Crippen molar-refractivity contribution in [3.05, 3.63) is 12.2 Å². The first-order chi connectivity index (χ1) is 6.29. The van der Waals surface area contributed by atoms with Gasteiger partial charge in [-0.1, -0.05) is 18.6 Å². The Labute approximate surface area is 78.4 Å². The van der Waals surface area contributed by atoms with E-state index in [-0.39, 0.29) is 5.41 Å². The molecule has 3 N–H and O–H groups in total. The number of hydrogen-bond donors (Lipinski definition) is 2. The fourth-order valence-electron chi connectivity index (χ4n) is 2.60. The van der Waals surface area contributed by atoms with E-state index in [2.05, 4.69) is 5.32 Å². The molecule has 1 aliphatic heterocycles. The van der Waals surface area contributed by atoms with Crippen LogP contribution in [-0.2, 0) is 4.79 Å². The van der Waals surface area contributed by atoms with Crippen molar-refractivity contribution < 1.29 is 4.79 Å². The van der Waals surface area contributed by atoms with Crippen molar-refractivity contribution in [3.8, 4) is 0 Å². The van der Waals surface area contributed by atoms with Crippen LogP contribution in [0.4, 0.5) is 0 Å². The predicted molar refractivity (Wildman–Crippen MR) is 51.3 cm³/mol. The van der Waals surface area contributed by atoms with Crippen molar-refractivity contribution in [2.45, 2.75) is 25.3 Å². The van der Waals surface area contributed by atoms with Crippen molar-refractivity contribution in [2.24, 2.45) is 11.1 Å². The number of fused-ring (bicyclic) bond motifs is 1. The topological polar surface area (TPSA) is 55.1 Å². The summed E-state index contributed by atoms with van der Waals surface area (Å²) in [5.41, 5.74) is 5.22. The minimum absolute atomic E-state index is 0.195. The Bertz CT molecular complexity index is 249. The van der Waals surface area contributed by atoms with Crippen LogP contribution >= 0.6 is 0 Å². The summed E-state index contributed by atoms with van der Waals surface area (Å²) < 4.78 is 0. The zero-order chi connectivity index (χ0) is 9.31. The molecule has 1 heterocycles. The Balaban J connectivity index is 2.24. The van der Waals surface area contributed by atoms with Gasteiger partial charge in [0.1, 0.15) is 0 Å². The van der Waals surface area contributed by atoms with Gasteiger partial charge in [-0.25, -0.2) is 0 Å².